The summed E-state index contributed by atoms with van der Waals surface area (Å²) in [5.41, 5.74) is 2.01. The lowest BCUT2D eigenvalue weighted by atomic mass is 10.3. The average molecular weight is 241 g/mol. The Morgan fingerprint density at radius 2 is 2.39 bits per heavy atom. The fourth-order valence-corrected chi connectivity index (χ4v) is 2.27. The largest absolute Gasteiger partial charge is 0.351 e. The Kier molecular flexibility index (Phi) is 2.63. The zero-order valence-corrected chi connectivity index (χ0v) is 10.4. The number of aromatic nitrogens is 3. The summed E-state index contributed by atoms with van der Waals surface area (Å²) in [4.78, 5) is 6.74. The minimum atomic E-state index is 0.534. The molecule has 92 valence electrons. The van der Waals surface area contributed by atoms with Crippen molar-refractivity contribution >= 4 is 11.3 Å². The van der Waals surface area contributed by atoms with Crippen LogP contribution in [0.5, 0.6) is 0 Å². The Balaban J connectivity index is 2.02. The predicted molar refractivity (Wildman–Crippen MR) is 68.3 cm³/mol. The van der Waals surface area contributed by atoms with Crippen molar-refractivity contribution < 1.29 is 0 Å². The third kappa shape index (κ3) is 1.90. The average Bonchev–Trinajstić information content (AvgIpc) is 3.11. The third-order valence-electron chi connectivity index (χ3n) is 3.22. The Labute approximate surface area is 106 Å². The van der Waals surface area contributed by atoms with Gasteiger partial charge in [0.05, 0.1) is 18.2 Å². The van der Waals surface area contributed by atoms with Gasteiger partial charge in [-0.1, -0.05) is 0 Å². The molecule has 1 aliphatic carbocycles. The molecule has 0 aliphatic heterocycles. The zero-order valence-electron chi connectivity index (χ0n) is 10.4. The lowest BCUT2D eigenvalue weighted by Crippen LogP contribution is -2.28. The second-order valence-corrected chi connectivity index (χ2v) is 4.70. The minimum Gasteiger partial charge on any atom is -0.351 e. The normalized spacial score (nSPS) is 14.7. The Morgan fingerprint density at radius 3 is 3.11 bits per heavy atom. The number of rotatable bonds is 4. The highest BCUT2D eigenvalue weighted by atomic mass is 15.3. The Morgan fingerprint density at radius 1 is 1.56 bits per heavy atom. The van der Waals surface area contributed by atoms with Crippen LogP contribution in [0.15, 0.2) is 18.5 Å². The van der Waals surface area contributed by atoms with E-state index in [1.165, 1.54) is 12.8 Å². The molecule has 3 rings (SSSR count). The molecule has 2 heterocycles. The van der Waals surface area contributed by atoms with Crippen LogP contribution >= 0.6 is 0 Å². The van der Waals surface area contributed by atoms with Crippen molar-refractivity contribution in [1.29, 1.82) is 5.26 Å². The smallest absolute Gasteiger partial charge is 0.154 e. The minimum absolute atomic E-state index is 0.534. The molecule has 0 radical (unpaired) electrons. The van der Waals surface area contributed by atoms with Crippen LogP contribution in [0.4, 0.5) is 5.82 Å². The van der Waals surface area contributed by atoms with E-state index in [4.69, 9.17) is 5.26 Å². The number of hydrogen-bond donors (Lipinski definition) is 0. The molecule has 0 bridgehead atoms. The molecule has 0 atom stereocenters. The van der Waals surface area contributed by atoms with Gasteiger partial charge in [0.25, 0.3) is 0 Å². The molecule has 0 unspecified atom stereocenters. The van der Waals surface area contributed by atoms with Crippen LogP contribution < -0.4 is 4.90 Å². The van der Waals surface area contributed by atoms with Crippen molar-refractivity contribution in [2.45, 2.75) is 32.2 Å². The number of nitrogens with zero attached hydrogens (tertiary/aromatic N) is 5. The molecule has 18 heavy (non-hydrogen) atoms. The number of fused-ring (bicyclic) bond motifs is 1. The van der Waals surface area contributed by atoms with Gasteiger partial charge in [0.15, 0.2) is 5.82 Å². The highest BCUT2D eigenvalue weighted by molar-refractivity contribution is 5.69. The molecule has 0 aromatic carbocycles. The van der Waals surface area contributed by atoms with Gasteiger partial charge in [-0.25, -0.2) is 9.50 Å². The van der Waals surface area contributed by atoms with Gasteiger partial charge in [-0.3, -0.25) is 0 Å². The highest BCUT2D eigenvalue weighted by Crippen LogP contribution is 2.32. The van der Waals surface area contributed by atoms with E-state index in [1.807, 2.05) is 23.7 Å². The summed E-state index contributed by atoms with van der Waals surface area (Å²) in [7, 11) is 0. The zero-order chi connectivity index (χ0) is 12.5. The van der Waals surface area contributed by atoms with Crippen molar-refractivity contribution in [3.05, 3.63) is 24.2 Å². The van der Waals surface area contributed by atoms with Crippen LogP contribution in [0.25, 0.3) is 5.52 Å². The van der Waals surface area contributed by atoms with Crippen molar-refractivity contribution in [3.63, 3.8) is 0 Å². The highest BCUT2D eigenvalue weighted by Gasteiger charge is 2.30. The number of anilines is 1. The van der Waals surface area contributed by atoms with E-state index in [2.05, 4.69) is 21.1 Å². The van der Waals surface area contributed by atoms with Gasteiger partial charge in [0.2, 0.25) is 0 Å². The number of hydrogen-bond acceptors (Lipinski definition) is 4. The quantitative estimate of drug-likeness (QED) is 0.820. The molecular weight excluding hydrogens is 226 g/mol. The molecule has 2 aromatic heterocycles. The summed E-state index contributed by atoms with van der Waals surface area (Å²) in [6.07, 6.45) is 6.56. The first-order valence-electron chi connectivity index (χ1n) is 6.24. The van der Waals surface area contributed by atoms with Gasteiger partial charge in [0.1, 0.15) is 5.52 Å². The van der Waals surface area contributed by atoms with Crippen LogP contribution in [0.2, 0.25) is 0 Å². The van der Waals surface area contributed by atoms with E-state index in [-0.39, 0.29) is 0 Å². The molecule has 0 saturated heterocycles. The monoisotopic (exact) mass is 241 g/mol. The van der Waals surface area contributed by atoms with E-state index in [9.17, 15) is 0 Å². The van der Waals surface area contributed by atoms with Crippen LogP contribution in [0.1, 0.15) is 25.0 Å². The molecule has 0 amide bonds. The molecule has 0 N–H and O–H groups in total. The Hall–Kier alpha value is -2.09. The van der Waals surface area contributed by atoms with Crippen molar-refractivity contribution in [3.8, 4) is 6.07 Å². The van der Waals surface area contributed by atoms with E-state index in [0.29, 0.717) is 12.5 Å². The summed E-state index contributed by atoms with van der Waals surface area (Å²) < 4.78 is 1.86. The Bertz CT molecular complexity index is 605. The lowest BCUT2D eigenvalue weighted by Gasteiger charge is -2.22. The second-order valence-electron chi connectivity index (χ2n) is 4.70. The van der Waals surface area contributed by atoms with Gasteiger partial charge in [-0.05, 0) is 25.8 Å². The topological polar surface area (TPSA) is 57.2 Å². The lowest BCUT2D eigenvalue weighted by molar-refractivity contribution is 0.774. The standard InChI is InChI=1S/C13H15N5/c1-10-9-12-13(15-6-8-18(12)16-10)17(7-2-5-14)11-3-4-11/h6,8-9,11H,2-4,7H2,1H3. The molecule has 0 spiro atoms. The summed E-state index contributed by atoms with van der Waals surface area (Å²) in [6, 6.07) is 4.81. The predicted octanol–water partition coefficient (Wildman–Crippen LogP) is 1.92. The van der Waals surface area contributed by atoms with Crippen molar-refractivity contribution in [1.82, 2.24) is 14.6 Å². The molecule has 1 aliphatic rings. The first-order valence-corrected chi connectivity index (χ1v) is 6.24. The maximum absolute atomic E-state index is 8.77. The van der Waals surface area contributed by atoms with Gasteiger partial charge >= 0.3 is 0 Å². The summed E-state index contributed by atoms with van der Waals surface area (Å²) in [5, 5.41) is 13.2. The third-order valence-corrected chi connectivity index (χ3v) is 3.22. The van der Waals surface area contributed by atoms with Crippen molar-refractivity contribution in [2.75, 3.05) is 11.4 Å². The first-order chi connectivity index (χ1) is 8.79. The number of nitriles is 1. The van der Waals surface area contributed by atoms with E-state index in [0.717, 1.165) is 23.6 Å². The molecule has 5 nitrogen and oxygen atoms in total. The fraction of sp³-hybridized carbons (Fsp3) is 0.462. The summed E-state index contributed by atoms with van der Waals surface area (Å²) >= 11 is 0. The number of aryl methyl sites for hydroxylation is 1. The molecule has 1 fully saturated rings. The maximum atomic E-state index is 8.77. The molecule has 2 aromatic rings. The van der Waals surface area contributed by atoms with Crippen LogP contribution in [-0.2, 0) is 0 Å². The molecule has 5 heteroatoms. The van der Waals surface area contributed by atoms with E-state index in [1.54, 1.807) is 6.20 Å². The van der Waals surface area contributed by atoms with E-state index < -0.39 is 0 Å². The van der Waals surface area contributed by atoms with Gasteiger partial charge in [0, 0.05) is 25.0 Å². The van der Waals surface area contributed by atoms with Crippen LogP contribution in [-0.4, -0.2) is 27.2 Å². The summed E-state index contributed by atoms with van der Waals surface area (Å²) in [6.45, 7) is 2.73. The SMILES string of the molecule is Cc1cc2c(N(CCC#N)C3CC3)nccn2n1. The van der Waals surface area contributed by atoms with Crippen molar-refractivity contribution in [2.24, 2.45) is 0 Å². The van der Waals surface area contributed by atoms with E-state index >= 15 is 0 Å². The van der Waals surface area contributed by atoms with Crippen LogP contribution in [0, 0.1) is 18.3 Å². The van der Waals surface area contributed by atoms with Crippen LogP contribution in [0.3, 0.4) is 0 Å². The van der Waals surface area contributed by atoms with Gasteiger partial charge < -0.3 is 4.90 Å². The van der Waals surface area contributed by atoms with Gasteiger partial charge in [-0.15, -0.1) is 0 Å². The maximum Gasteiger partial charge on any atom is 0.154 e. The molecular formula is C13H15N5. The van der Waals surface area contributed by atoms with Gasteiger partial charge in [-0.2, -0.15) is 10.4 Å². The fourth-order valence-electron chi connectivity index (χ4n) is 2.27. The molecule has 1 saturated carbocycles. The summed E-state index contributed by atoms with van der Waals surface area (Å²) in [5.74, 6) is 0.954. The first kappa shape index (κ1) is 11.0. The second kappa shape index (κ2) is 4.30.